The number of halogens is 1. The Kier molecular flexibility index (Phi) is 2.02. The molecule has 2 rings (SSSR count). The number of aromatic nitrogens is 1. The molecular weight excluding hydrogens is 167 g/mol. The number of rotatable bonds is 2. The number of para-hydroxylation sites is 1. The van der Waals surface area contributed by atoms with E-state index in [4.69, 9.17) is 5.73 Å². The number of nitrogens with zero attached hydrogens (tertiary/aromatic N) is 1. The van der Waals surface area contributed by atoms with Crippen molar-refractivity contribution in [1.82, 2.24) is 4.79 Å². The first-order chi connectivity index (χ1) is 6.33. The highest BCUT2D eigenvalue weighted by Crippen LogP contribution is 2.21. The van der Waals surface area contributed by atoms with Crippen LogP contribution in [0.25, 0.3) is 10.9 Å². The van der Waals surface area contributed by atoms with E-state index in [1.54, 1.807) is 6.07 Å². The van der Waals surface area contributed by atoms with Crippen LogP contribution < -0.4 is 5.73 Å². The van der Waals surface area contributed by atoms with E-state index in [-0.39, 0.29) is 0 Å². The quantitative estimate of drug-likeness (QED) is 0.747. The van der Waals surface area contributed by atoms with Gasteiger partial charge in [-0.1, -0.05) is 22.7 Å². The van der Waals surface area contributed by atoms with Crippen molar-refractivity contribution < 1.29 is 4.48 Å². The standard InChI is InChI=1S/C10H11FN2/c11-13-7-8(5-6-12)9-3-1-2-4-10(9)13/h1-4,7H,5-6,12H2. The predicted octanol–water partition coefficient (Wildman–Crippen LogP) is 1.88. The summed E-state index contributed by atoms with van der Waals surface area (Å²) in [5.74, 6) is 0. The molecule has 13 heavy (non-hydrogen) atoms. The van der Waals surface area contributed by atoms with Gasteiger partial charge in [-0.25, -0.2) is 0 Å². The average Bonchev–Trinajstić information content (AvgIpc) is 2.46. The van der Waals surface area contributed by atoms with Crippen molar-refractivity contribution in [1.29, 1.82) is 0 Å². The predicted molar refractivity (Wildman–Crippen MR) is 51.2 cm³/mol. The van der Waals surface area contributed by atoms with Crippen molar-refractivity contribution >= 4 is 10.9 Å². The lowest BCUT2D eigenvalue weighted by molar-refractivity contribution is 0.387. The summed E-state index contributed by atoms with van der Waals surface area (Å²) in [4.78, 5) is 0.653. The molecule has 68 valence electrons. The van der Waals surface area contributed by atoms with Crippen LogP contribution in [-0.4, -0.2) is 11.3 Å². The molecule has 2 N–H and O–H groups in total. The lowest BCUT2D eigenvalue weighted by atomic mass is 10.1. The van der Waals surface area contributed by atoms with Gasteiger partial charge in [0.15, 0.2) is 0 Å². The fourth-order valence-corrected chi connectivity index (χ4v) is 1.56. The zero-order valence-electron chi connectivity index (χ0n) is 7.20. The van der Waals surface area contributed by atoms with Gasteiger partial charge in [0.25, 0.3) is 0 Å². The zero-order valence-corrected chi connectivity index (χ0v) is 7.20. The molecule has 0 radical (unpaired) electrons. The summed E-state index contributed by atoms with van der Waals surface area (Å²) in [6, 6.07) is 7.40. The molecule has 0 fully saturated rings. The van der Waals surface area contributed by atoms with E-state index in [9.17, 15) is 4.48 Å². The van der Waals surface area contributed by atoms with Crippen molar-refractivity contribution in [2.24, 2.45) is 5.73 Å². The van der Waals surface area contributed by atoms with E-state index in [1.165, 1.54) is 6.20 Å². The maximum atomic E-state index is 13.2. The number of hydrogen-bond donors (Lipinski definition) is 1. The van der Waals surface area contributed by atoms with Crippen LogP contribution in [0.3, 0.4) is 0 Å². The van der Waals surface area contributed by atoms with Gasteiger partial charge in [0.2, 0.25) is 0 Å². The Morgan fingerprint density at radius 3 is 2.85 bits per heavy atom. The molecule has 0 saturated heterocycles. The molecule has 0 aliphatic heterocycles. The SMILES string of the molecule is NCCc1cn(F)c2ccccc12. The fraction of sp³-hybridized carbons (Fsp3) is 0.200. The normalized spacial score (nSPS) is 10.9. The first-order valence-electron chi connectivity index (χ1n) is 4.28. The Morgan fingerprint density at radius 2 is 2.08 bits per heavy atom. The molecule has 2 aromatic rings. The van der Waals surface area contributed by atoms with Gasteiger partial charge < -0.3 is 5.73 Å². The highest BCUT2D eigenvalue weighted by Gasteiger charge is 2.05. The van der Waals surface area contributed by atoms with Gasteiger partial charge in [0, 0.05) is 11.6 Å². The third kappa shape index (κ3) is 1.31. The van der Waals surface area contributed by atoms with Crippen LogP contribution in [-0.2, 0) is 6.42 Å². The van der Waals surface area contributed by atoms with Gasteiger partial charge >= 0.3 is 0 Å². The Labute approximate surface area is 75.7 Å². The number of fused-ring (bicyclic) bond motifs is 1. The second kappa shape index (κ2) is 3.18. The summed E-state index contributed by atoms with van der Waals surface area (Å²) in [5, 5.41) is 0.954. The molecule has 1 aromatic carbocycles. The van der Waals surface area contributed by atoms with Crippen molar-refractivity contribution in [3.8, 4) is 0 Å². The van der Waals surface area contributed by atoms with Crippen LogP contribution in [0.15, 0.2) is 30.5 Å². The van der Waals surface area contributed by atoms with Gasteiger partial charge in [-0.2, -0.15) is 4.79 Å². The summed E-state index contributed by atoms with van der Waals surface area (Å²) in [7, 11) is 0. The number of hydrogen-bond acceptors (Lipinski definition) is 1. The summed E-state index contributed by atoms with van der Waals surface area (Å²) in [6.07, 6.45) is 2.22. The zero-order chi connectivity index (χ0) is 9.26. The third-order valence-electron chi connectivity index (χ3n) is 2.16. The minimum Gasteiger partial charge on any atom is -0.330 e. The number of benzene rings is 1. The largest absolute Gasteiger partial charge is 0.330 e. The van der Waals surface area contributed by atoms with Gasteiger partial charge in [-0.05, 0) is 24.6 Å². The minimum absolute atomic E-state index is 0.550. The smallest absolute Gasteiger partial charge is 0.0815 e. The van der Waals surface area contributed by atoms with Gasteiger partial charge in [-0.15, -0.1) is 0 Å². The maximum Gasteiger partial charge on any atom is 0.0815 e. The molecule has 0 amide bonds. The van der Waals surface area contributed by atoms with Gasteiger partial charge in [-0.3, -0.25) is 0 Å². The Balaban J connectivity index is 2.63. The second-order valence-electron chi connectivity index (χ2n) is 3.02. The van der Waals surface area contributed by atoms with Crippen molar-refractivity contribution in [2.45, 2.75) is 6.42 Å². The van der Waals surface area contributed by atoms with Crippen LogP contribution >= 0.6 is 0 Å². The maximum absolute atomic E-state index is 13.2. The molecule has 1 heterocycles. The lowest BCUT2D eigenvalue weighted by Gasteiger charge is -1.93. The van der Waals surface area contributed by atoms with E-state index >= 15 is 0 Å². The van der Waals surface area contributed by atoms with Gasteiger partial charge in [0.05, 0.1) is 5.52 Å². The first kappa shape index (κ1) is 8.26. The van der Waals surface area contributed by atoms with Crippen molar-refractivity contribution in [2.75, 3.05) is 6.54 Å². The van der Waals surface area contributed by atoms with Crippen LogP contribution in [0, 0.1) is 0 Å². The monoisotopic (exact) mass is 178 g/mol. The molecule has 3 heteroatoms. The highest BCUT2D eigenvalue weighted by molar-refractivity contribution is 5.83. The summed E-state index contributed by atoms with van der Waals surface area (Å²) < 4.78 is 13.2. The van der Waals surface area contributed by atoms with Crippen LogP contribution in [0.4, 0.5) is 4.48 Å². The molecule has 0 bridgehead atoms. The van der Waals surface area contributed by atoms with Crippen LogP contribution in [0.5, 0.6) is 0 Å². The second-order valence-corrected chi connectivity index (χ2v) is 3.02. The molecule has 0 aliphatic carbocycles. The molecule has 1 aromatic heterocycles. The lowest BCUT2D eigenvalue weighted by Crippen LogP contribution is -2.01. The van der Waals surface area contributed by atoms with Crippen LogP contribution in [0.1, 0.15) is 5.56 Å². The first-order valence-corrected chi connectivity index (χ1v) is 4.28. The molecule has 0 aliphatic rings. The van der Waals surface area contributed by atoms with Crippen LogP contribution in [0.2, 0.25) is 0 Å². The molecule has 0 unspecified atom stereocenters. The van der Waals surface area contributed by atoms with Gasteiger partial charge in [0.1, 0.15) is 0 Å². The van der Waals surface area contributed by atoms with E-state index in [1.807, 2.05) is 18.2 Å². The topological polar surface area (TPSA) is 30.9 Å². The fourth-order valence-electron chi connectivity index (χ4n) is 1.56. The average molecular weight is 178 g/mol. The Morgan fingerprint density at radius 1 is 1.31 bits per heavy atom. The molecule has 0 spiro atoms. The Hall–Kier alpha value is -1.35. The van der Waals surface area contributed by atoms with Crippen molar-refractivity contribution in [3.05, 3.63) is 36.0 Å². The summed E-state index contributed by atoms with van der Waals surface area (Å²) >= 11 is 0. The number of nitrogens with two attached hydrogens (primary N) is 1. The highest BCUT2D eigenvalue weighted by atomic mass is 19.2. The Bertz CT molecular complexity index is 420. The summed E-state index contributed by atoms with van der Waals surface area (Å²) in [5.41, 5.74) is 7.02. The van der Waals surface area contributed by atoms with E-state index < -0.39 is 0 Å². The molecule has 0 atom stereocenters. The van der Waals surface area contributed by atoms with E-state index in [0.717, 1.165) is 17.4 Å². The molecular formula is C10H11FN2. The van der Waals surface area contributed by atoms with Crippen molar-refractivity contribution in [3.63, 3.8) is 0 Å². The molecule has 2 nitrogen and oxygen atoms in total. The van der Waals surface area contributed by atoms with E-state index in [2.05, 4.69) is 0 Å². The minimum atomic E-state index is 0.550. The third-order valence-corrected chi connectivity index (χ3v) is 2.16. The summed E-state index contributed by atoms with van der Waals surface area (Å²) in [6.45, 7) is 0.550. The molecule has 0 saturated carbocycles. The van der Waals surface area contributed by atoms with E-state index in [0.29, 0.717) is 16.9 Å².